The number of carboxylic acid groups (broad SMARTS) is 1. The van der Waals surface area contributed by atoms with Crippen molar-refractivity contribution >= 4 is 23.5 Å². The van der Waals surface area contributed by atoms with Gasteiger partial charge in [0.05, 0.1) is 5.69 Å². The van der Waals surface area contributed by atoms with Crippen molar-refractivity contribution in [3.63, 3.8) is 0 Å². The number of hydrogen-bond donors (Lipinski definition) is 2. The zero-order valence-corrected chi connectivity index (χ0v) is 9.80. The van der Waals surface area contributed by atoms with Gasteiger partial charge in [-0.15, -0.1) is 0 Å². The van der Waals surface area contributed by atoms with E-state index >= 15 is 0 Å². The Bertz CT molecular complexity index is 495. The van der Waals surface area contributed by atoms with Gasteiger partial charge in [0.2, 0.25) is 5.78 Å². The van der Waals surface area contributed by atoms with Crippen LogP contribution in [0, 0.1) is 0 Å². The molecule has 0 aromatic carbocycles. The van der Waals surface area contributed by atoms with Crippen molar-refractivity contribution < 1.29 is 9.90 Å². The van der Waals surface area contributed by atoms with E-state index in [1.807, 2.05) is 22.9 Å². The summed E-state index contributed by atoms with van der Waals surface area (Å²) >= 11 is 1.45. The second-order valence-electron chi connectivity index (χ2n) is 3.52. The van der Waals surface area contributed by atoms with Crippen molar-refractivity contribution in [1.29, 1.82) is 0 Å². The molecule has 7 heteroatoms. The molecular formula is C10H12N4O2S. The molecule has 0 aliphatic rings. The van der Waals surface area contributed by atoms with Gasteiger partial charge < -0.3 is 10.8 Å². The summed E-state index contributed by atoms with van der Waals surface area (Å²) in [5, 5.41) is 8.63. The van der Waals surface area contributed by atoms with Crippen molar-refractivity contribution in [2.45, 2.75) is 11.8 Å². The molecule has 0 radical (unpaired) electrons. The third kappa shape index (κ3) is 2.95. The second-order valence-corrected chi connectivity index (χ2v) is 4.55. The van der Waals surface area contributed by atoms with E-state index in [1.165, 1.54) is 11.8 Å². The van der Waals surface area contributed by atoms with Gasteiger partial charge in [0, 0.05) is 30.1 Å². The molecule has 0 spiro atoms. The van der Waals surface area contributed by atoms with E-state index in [0.29, 0.717) is 17.3 Å². The summed E-state index contributed by atoms with van der Waals surface area (Å²) in [4.78, 5) is 18.9. The lowest BCUT2D eigenvalue weighted by molar-refractivity contribution is -0.137. The first-order chi connectivity index (χ1) is 8.16. The average Bonchev–Trinajstić information content (AvgIpc) is 2.71. The molecule has 17 heavy (non-hydrogen) atoms. The largest absolute Gasteiger partial charge is 0.480 e. The molecule has 2 rings (SSSR count). The molecule has 2 aromatic heterocycles. The van der Waals surface area contributed by atoms with Crippen LogP contribution in [0.15, 0.2) is 24.7 Å². The number of carbonyl (C=O) groups is 1. The monoisotopic (exact) mass is 252 g/mol. The Balaban J connectivity index is 1.93. The van der Waals surface area contributed by atoms with Gasteiger partial charge in [-0.25, -0.2) is 9.97 Å². The number of nitrogens with two attached hydrogens (primary N) is 1. The summed E-state index contributed by atoms with van der Waals surface area (Å²) in [6, 6.07) is 1.00. The number of aliphatic carboxylic acids is 1. The molecule has 2 aromatic rings. The van der Waals surface area contributed by atoms with Crippen LogP contribution in [0.5, 0.6) is 0 Å². The predicted molar refractivity (Wildman–Crippen MR) is 64.8 cm³/mol. The highest BCUT2D eigenvalue weighted by Crippen LogP contribution is 2.12. The lowest BCUT2D eigenvalue weighted by Gasteiger charge is -2.03. The first-order valence-electron chi connectivity index (χ1n) is 5.01. The SMILES string of the molecule is N[C@H](CSCc1cn2cccnc2n1)C(=O)O. The van der Waals surface area contributed by atoms with Crippen molar-refractivity contribution in [3.8, 4) is 0 Å². The quantitative estimate of drug-likeness (QED) is 0.798. The van der Waals surface area contributed by atoms with Crippen LogP contribution in [-0.4, -0.2) is 37.2 Å². The third-order valence-corrected chi connectivity index (χ3v) is 3.24. The van der Waals surface area contributed by atoms with E-state index in [9.17, 15) is 4.79 Å². The van der Waals surface area contributed by atoms with E-state index < -0.39 is 12.0 Å². The fourth-order valence-electron chi connectivity index (χ4n) is 1.31. The minimum Gasteiger partial charge on any atom is -0.480 e. The third-order valence-electron chi connectivity index (χ3n) is 2.15. The second kappa shape index (κ2) is 5.15. The van der Waals surface area contributed by atoms with Crippen LogP contribution >= 0.6 is 11.8 Å². The molecule has 0 aliphatic carbocycles. The first-order valence-corrected chi connectivity index (χ1v) is 6.17. The highest BCUT2D eigenvalue weighted by Gasteiger charge is 2.11. The van der Waals surface area contributed by atoms with Crippen LogP contribution in [0.4, 0.5) is 0 Å². The maximum absolute atomic E-state index is 10.5. The highest BCUT2D eigenvalue weighted by atomic mass is 32.2. The summed E-state index contributed by atoms with van der Waals surface area (Å²) in [7, 11) is 0. The van der Waals surface area contributed by atoms with E-state index in [1.54, 1.807) is 6.20 Å². The van der Waals surface area contributed by atoms with Gasteiger partial charge in [-0.3, -0.25) is 9.20 Å². The van der Waals surface area contributed by atoms with Crippen molar-refractivity contribution in [3.05, 3.63) is 30.4 Å². The Morgan fingerprint density at radius 1 is 1.65 bits per heavy atom. The molecular weight excluding hydrogens is 240 g/mol. The summed E-state index contributed by atoms with van der Waals surface area (Å²) in [5.74, 6) is 0.667. The van der Waals surface area contributed by atoms with Crippen LogP contribution in [0.3, 0.4) is 0 Å². The van der Waals surface area contributed by atoms with Gasteiger partial charge in [0.25, 0.3) is 0 Å². The molecule has 0 saturated carbocycles. The standard InChI is InChI=1S/C10H12N4O2S/c11-8(9(15)16)6-17-5-7-4-14-3-1-2-12-10(14)13-7/h1-4,8H,5-6,11H2,(H,15,16)/t8-/m1/s1. The number of aromatic nitrogens is 3. The summed E-state index contributed by atoms with van der Waals surface area (Å²) < 4.78 is 1.83. The molecule has 3 N–H and O–H groups in total. The molecule has 0 amide bonds. The summed E-state index contributed by atoms with van der Waals surface area (Å²) in [5.41, 5.74) is 6.26. The number of thioether (sulfide) groups is 1. The molecule has 6 nitrogen and oxygen atoms in total. The van der Waals surface area contributed by atoms with Gasteiger partial charge in [0.15, 0.2) is 0 Å². The topological polar surface area (TPSA) is 93.5 Å². The summed E-state index contributed by atoms with van der Waals surface area (Å²) in [6.07, 6.45) is 5.42. The predicted octanol–water partition coefficient (Wildman–Crippen LogP) is 0.374. The first kappa shape index (κ1) is 11.9. The Morgan fingerprint density at radius 2 is 2.47 bits per heavy atom. The van der Waals surface area contributed by atoms with Gasteiger partial charge in [-0.2, -0.15) is 11.8 Å². The lowest BCUT2D eigenvalue weighted by Crippen LogP contribution is -2.32. The molecule has 0 saturated heterocycles. The van der Waals surface area contributed by atoms with Crippen LogP contribution in [0.2, 0.25) is 0 Å². The van der Waals surface area contributed by atoms with Crippen molar-refractivity contribution in [1.82, 2.24) is 14.4 Å². The highest BCUT2D eigenvalue weighted by molar-refractivity contribution is 7.98. The number of nitrogens with zero attached hydrogens (tertiary/aromatic N) is 3. The smallest absolute Gasteiger partial charge is 0.321 e. The molecule has 2 heterocycles. The average molecular weight is 252 g/mol. The van der Waals surface area contributed by atoms with E-state index in [2.05, 4.69) is 9.97 Å². The van der Waals surface area contributed by atoms with Crippen LogP contribution in [-0.2, 0) is 10.5 Å². The number of rotatable bonds is 5. The summed E-state index contributed by atoms with van der Waals surface area (Å²) in [6.45, 7) is 0. The zero-order chi connectivity index (χ0) is 12.3. The Hall–Kier alpha value is -1.60. The van der Waals surface area contributed by atoms with E-state index in [-0.39, 0.29) is 0 Å². The molecule has 0 aliphatic heterocycles. The van der Waals surface area contributed by atoms with Gasteiger partial charge in [-0.1, -0.05) is 0 Å². The molecule has 0 fully saturated rings. The normalized spacial score (nSPS) is 12.8. The molecule has 90 valence electrons. The minimum absolute atomic E-state index is 0.372. The Morgan fingerprint density at radius 3 is 3.18 bits per heavy atom. The van der Waals surface area contributed by atoms with E-state index in [4.69, 9.17) is 10.8 Å². The van der Waals surface area contributed by atoms with Crippen LogP contribution in [0.1, 0.15) is 5.69 Å². The fraction of sp³-hybridized carbons (Fsp3) is 0.300. The molecule has 0 unspecified atom stereocenters. The fourth-order valence-corrected chi connectivity index (χ4v) is 2.17. The van der Waals surface area contributed by atoms with E-state index in [0.717, 1.165) is 5.69 Å². The molecule has 0 bridgehead atoms. The number of fused-ring (bicyclic) bond motifs is 1. The maximum atomic E-state index is 10.5. The van der Waals surface area contributed by atoms with Gasteiger partial charge in [0.1, 0.15) is 6.04 Å². The van der Waals surface area contributed by atoms with Gasteiger partial charge >= 0.3 is 5.97 Å². The zero-order valence-electron chi connectivity index (χ0n) is 8.98. The van der Waals surface area contributed by atoms with Crippen LogP contribution < -0.4 is 5.73 Å². The van der Waals surface area contributed by atoms with Crippen molar-refractivity contribution in [2.24, 2.45) is 5.73 Å². The Labute approximate surface area is 102 Å². The van der Waals surface area contributed by atoms with Crippen LogP contribution in [0.25, 0.3) is 5.78 Å². The minimum atomic E-state index is -0.978. The number of imidazole rings is 1. The number of carboxylic acids is 1. The molecule has 1 atom stereocenters. The Kier molecular flexibility index (Phi) is 3.60. The number of hydrogen-bond acceptors (Lipinski definition) is 5. The maximum Gasteiger partial charge on any atom is 0.321 e. The van der Waals surface area contributed by atoms with Gasteiger partial charge in [-0.05, 0) is 6.07 Å². The lowest BCUT2D eigenvalue weighted by atomic mass is 10.4. The van der Waals surface area contributed by atoms with Crippen molar-refractivity contribution in [2.75, 3.05) is 5.75 Å².